The highest BCUT2D eigenvalue weighted by molar-refractivity contribution is 7.85. The zero-order valence-corrected chi connectivity index (χ0v) is 13.5. The first-order chi connectivity index (χ1) is 9.51. The van der Waals surface area contributed by atoms with Gasteiger partial charge in [0.25, 0.3) is 0 Å². The zero-order valence-electron chi connectivity index (χ0n) is 12.7. The van der Waals surface area contributed by atoms with Crippen LogP contribution in [-0.4, -0.2) is 29.9 Å². The monoisotopic (exact) mass is 299 g/mol. The number of hydrogen-bond acceptors (Lipinski definition) is 4. The van der Waals surface area contributed by atoms with E-state index in [-0.39, 0.29) is 6.04 Å². The van der Waals surface area contributed by atoms with E-state index in [0.29, 0.717) is 23.2 Å². The molecule has 1 aromatic carbocycles. The zero-order chi connectivity index (χ0) is 15.1. The molecule has 1 rings (SSSR count). The molecular weight excluding hydrogens is 274 g/mol. The van der Waals surface area contributed by atoms with Crippen LogP contribution in [0.3, 0.4) is 0 Å². The maximum Gasteiger partial charge on any atom is 0.123 e. The molecular formula is C15H25NO3S. The Morgan fingerprint density at radius 2 is 1.95 bits per heavy atom. The molecule has 114 valence electrons. The fourth-order valence-corrected chi connectivity index (χ4v) is 3.51. The second kappa shape index (κ2) is 8.27. The summed E-state index contributed by atoms with van der Waals surface area (Å²) in [7, 11) is 2.29. The highest BCUT2D eigenvalue weighted by atomic mass is 32.2. The predicted octanol–water partition coefficient (Wildman–Crippen LogP) is 2.50. The van der Waals surface area contributed by atoms with E-state index in [0.717, 1.165) is 17.7 Å². The van der Waals surface area contributed by atoms with Crippen molar-refractivity contribution < 1.29 is 13.7 Å². The molecule has 2 N–H and O–H groups in total. The normalized spacial score (nSPS) is 15.4. The van der Waals surface area contributed by atoms with E-state index in [4.69, 9.17) is 15.2 Å². The van der Waals surface area contributed by atoms with E-state index in [9.17, 15) is 4.21 Å². The van der Waals surface area contributed by atoms with Gasteiger partial charge in [-0.05, 0) is 24.1 Å². The van der Waals surface area contributed by atoms with Crippen LogP contribution in [0.25, 0.3) is 0 Å². The highest BCUT2D eigenvalue weighted by Gasteiger charge is 2.17. The summed E-state index contributed by atoms with van der Waals surface area (Å²) in [6.07, 6.45) is 1.03. The van der Waals surface area contributed by atoms with Gasteiger partial charge in [-0.1, -0.05) is 20.3 Å². The highest BCUT2D eigenvalue weighted by Crippen LogP contribution is 2.28. The van der Waals surface area contributed by atoms with E-state index in [2.05, 4.69) is 13.8 Å². The lowest BCUT2D eigenvalue weighted by Gasteiger charge is -2.17. The van der Waals surface area contributed by atoms with Gasteiger partial charge >= 0.3 is 0 Å². The Morgan fingerprint density at radius 1 is 1.25 bits per heavy atom. The molecule has 0 aliphatic carbocycles. The second-order valence-corrected chi connectivity index (χ2v) is 6.55. The van der Waals surface area contributed by atoms with Crippen molar-refractivity contribution in [2.24, 2.45) is 11.7 Å². The van der Waals surface area contributed by atoms with Crippen molar-refractivity contribution in [3.8, 4) is 11.5 Å². The van der Waals surface area contributed by atoms with Crippen LogP contribution in [0.15, 0.2) is 18.2 Å². The summed E-state index contributed by atoms with van der Waals surface area (Å²) >= 11 is 0. The van der Waals surface area contributed by atoms with Crippen molar-refractivity contribution in [3.05, 3.63) is 23.8 Å². The first-order valence-corrected chi connectivity index (χ1v) is 8.33. The Hall–Kier alpha value is -1.07. The Labute approximate surface area is 124 Å². The van der Waals surface area contributed by atoms with Crippen LogP contribution >= 0.6 is 0 Å². The molecule has 0 saturated carbocycles. The number of ether oxygens (including phenoxy) is 2. The smallest absolute Gasteiger partial charge is 0.123 e. The maximum absolute atomic E-state index is 12.1. The standard InChI is InChI=1S/C15H25NO3S/c1-5-11(2)9-20(17)10-14(16)13-8-12(18-3)6-7-15(13)19-4/h6-8,11,14H,5,9-10,16H2,1-4H3. The molecule has 1 aromatic rings. The summed E-state index contributed by atoms with van der Waals surface area (Å²) in [5.74, 6) is 3.02. The van der Waals surface area contributed by atoms with Crippen LogP contribution in [-0.2, 0) is 10.8 Å². The second-order valence-electron chi connectivity index (χ2n) is 5.00. The van der Waals surface area contributed by atoms with E-state index >= 15 is 0 Å². The van der Waals surface area contributed by atoms with Gasteiger partial charge in [0.1, 0.15) is 11.5 Å². The molecule has 4 nitrogen and oxygen atoms in total. The summed E-state index contributed by atoms with van der Waals surface area (Å²) in [6, 6.07) is 5.19. The van der Waals surface area contributed by atoms with Crippen LogP contribution in [0.5, 0.6) is 11.5 Å². The summed E-state index contributed by atoms with van der Waals surface area (Å²) in [6.45, 7) is 4.21. The van der Waals surface area contributed by atoms with Gasteiger partial charge < -0.3 is 15.2 Å². The first kappa shape index (κ1) is 17.0. The molecule has 20 heavy (non-hydrogen) atoms. The van der Waals surface area contributed by atoms with E-state index < -0.39 is 10.8 Å². The van der Waals surface area contributed by atoms with Crippen molar-refractivity contribution >= 4 is 10.8 Å². The fraction of sp³-hybridized carbons (Fsp3) is 0.600. The van der Waals surface area contributed by atoms with E-state index in [1.54, 1.807) is 14.2 Å². The third-order valence-corrected chi connectivity index (χ3v) is 5.04. The number of rotatable bonds is 8. The SMILES string of the molecule is CCC(C)CS(=O)CC(N)c1cc(OC)ccc1OC. The van der Waals surface area contributed by atoms with Gasteiger partial charge in [-0.2, -0.15) is 0 Å². The van der Waals surface area contributed by atoms with Gasteiger partial charge in [-0.15, -0.1) is 0 Å². The van der Waals surface area contributed by atoms with Crippen molar-refractivity contribution in [2.75, 3.05) is 25.7 Å². The molecule has 0 bridgehead atoms. The van der Waals surface area contributed by atoms with Crippen LogP contribution in [0.2, 0.25) is 0 Å². The van der Waals surface area contributed by atoms with E-state index in [1.807, 2.05) is 18.2 Å². The molecule has 0 radical (unpaired) electrons. The third kappa shape index (κ3) is 4.80. The summed E-state index contributed by atoms with van der Waals surface area (Å²) < 4.78 is 22.6. The maximum atomic E-state index is 12.1. The quantitative estimate of drug-likeness (QED) is 0.801. The van der Waals surface area contributed by atoms with Crippen LogP contribution in [0.1, 0.15) is 31.9 Å². The number of hydrogen-bond donors (Lipinski definition) is 1. The summed E-state index contributed by atoms with van der Waals surface area (Å²) in [5, 5.41) is 0. The van der Waals surface area contributed by atoms with Crippen molar-refractivity contribution in [1.29, 1.82) is 0 Å². The average molecular weight is 299 g/mol. The molecule has 0 amide bonds. The third-order valence-electron chi connectivity index (χ3n) is 3.37. The summed E-state index contributed by atoms with van der Waals surface area (Å²) in [4.78, 5) is 0. The van der Waals surface area contributed by atoms with Gasteiger partial charge in [0.2, 0.25) is 0 Å². The van der Waals surface area contributed by atoms with Crippen LogP contribution < -0.4 is 15.2 Å². The van der Waals surface area contributed by atoms with Crippen molar-refractivity contribution in [2.45, 2.75) is 26.3 Å². The number of benzene rings is 1. The lowest BCUT2D eigenvalue weighted by atomic mass is 10.1. The molecule has 0 fully saturated rings. The molecule has 0 aliphatic heterocycles. The van der Waals surface area contributed by atoms with Gasteiger partial charge in [0.05, 0.1) is 14.2 Å². The van der Waals surface area contributed by atoms with Crippen molar-refractivity contribution in [1.82, 2.24) is 0 Å². The Bertz CT molecular complexity index is 451. The minimum atomic E-state index is -0.921. The number of nitrogens with two attached hydrogens (primary N) is 1. The van der Waals surface area contributed by atoms with Gasteiger partial charge in [0, 0.05) is 33.9 Å². The van der Waals surface area contributed by atoms with Crippen LogP contribution in [0, 0.1) is 5.92 Å². The molecule has 0 saturated heterocycles. The summed E-state index contributed by atoms with van der Waals surface area (Å²) in [5.41, 5.74) is 7.02. The molecule has 5 heteroatoms. The van der Waals surface area contributed by atoms with E-state index in [1.165, 1.54) is 0 Å². The Morgan fingerprint density at radius 3 is 2.50 bits per heavy atom. The predicted molar refractivity (Wildman–Crippen MR) is 83.8 cm³/mol. The minimum Gasteiger partial charge on any atom is -0.497 e. The molecule has 0 aromatic heterocycles. The first-order valence-electron chi connectivity index (χ1n) is 6.84. The molecule has 3 atom stereocenters. The Kier molecular flexibility index (Phi) is 7.02. The average Bonchev–Trinajstić information content (AvgIpc) is 2.45. The Balaban J connectivity index is 2.80. The van der Waals surface area contributed by atoms with Gasteiger partial charge in [-0.25, -0.2) is 0 Å². The fourth-order valence-electron chi connectivity index (χ4n) is 1.92. The molecule has 0 spiro atoms. The largest absolute Gasteiger partial charge is 0.497 e. The van der Waals surface area contributed by atoms with Gasteiger partial charge in [0.15, 0.2) is 0 Å². The molecule has 0 aliphatic rings. The topological polar surface area (TPSA) is 61.6 Å². The van der Waals surface area contributed by atoms with Crippen molar-refractivity contribution in [3.63, 3.8) is 0 Å². The lowest BCUT2D eigenvalue weighted by molar-refractivity contribution is 0.396. The minimum absolute atomic E-state index is 0.315. The van der Waals surface area contributed by atoms with Crippen LogP contribution in [0.4, 0.5) is 0 Å². The number of methoxy groups -OCH3 is 2. The molecule has 0 heterocycles. The van der Waals surface area contributed by atoms with Gasteiger partial charge in [-0.3, -0.25) is 4.21 Å². The molecule has 3 unspecified atom stereocenters. The lowest BCUT2D eigenvalue weighted by Crippen LogP contribution is -2.22.